The predicted octanol–water partition coefficient (Wildman–Crippen LogP) is 25.3. The molecule has 0 spiro atoms. The summed E-state index contributed by atoms with van der Waals surface area (Å²) in [6.45, 7) is 6.69. The Balaban J connectivity index is 4.06. The van der Waals surface area contributed by atoms with Gasteiger partial charge >= 0.3 is 17.9 Å². The molecular formula is C75H142O6. The van der Waals surface area contributed by atoms with E-state index in [1.54, 1.807) is 0 Å². The molecular weight excluding hydrogens is 997 g/mol. The third-order valence-electron chi connectivity index (χ3n) is 17.0. The highest BCUT2D eigenvalue weighted by Crippen LogP contribution is 2.19. The van der Waals surface area contributed by atoms with Crippen LogP contribution in [0.25, 0.3) is 0 Å². The second-order valence-corrected chi connectivity index (χ2v) is 25.2. The number of ether oxygens (including phenoxy) is 3. The Morgan fingerprint density at radius 3 is 0.691 bits per heavy atom. The molecule has 1 atom stereocenters. The molecule has 0 rings (SSSR count). The average molecular weight is 1140 g/mol. The van der Waals surface area contributed by atoms with Gasteiger partial charge in [-0.05, 0) is 51.4 Å². The van der Waals surface area contributed by atoms with Crippen LogP contribution in [0, 0.1) is 0 Å². The van der Waals surface area contributed by atoms with Crippen LogP contribution in [-0.4, -0.2) is 37.2 Å². The molecule has 0 N–H and O–H groups in total. The van der Waals surface area contributed by atoms with Crippen LogP contribution in [0.15, 0.2) is 24.3 Å². The van der Waals surface area contributed by atoms with Crippen molar-refractivity contribution < 1.29 is 28.6 Å². The molecule has 6 heteroatoms. The van der Waals surface area contributed by atoms with Gasteiger partial charge in [0.05, 0.1) is 0 Å². The summed E-state index contributed by atoms with van der Waals surface area (Å²) < 4.78 is 17.0. The van der Waals surface area contributed by atoms with Crippen LogP contribution in [0.5, 0.6) is 0 Å². The predicted molar refractivity (Wildman–Crippen MR) is 353 cm³/mol. The smallest absolute Gasteiger partial charge is 0.306 e. The van der Waals surface area contributed by atoms with Crippen molar-refractivity contribution in [1.29, 1.82) is 0 Å². The van der Waals surface area contributed by atoms with Crippen LogP contribution < -0.4 is 0 Å². The summed E-state index contributed by atoms with van der Waals surface area (Å²) in [5.74, 6) is -0.855. The van der Waals surface area contributed by atoms with Gasteiger partial charge < -0.3 is 14.2 Å². The Morgan fingerprint density at radius 2 is 0.444 bits per heavy atom. The van der Waals surface area contributed by atoms with Gasteiger partial charge in [-0.1, -0.05) is 373 Å². The van der Waals surface area contributed by atoms with E-state index in [1.807, 2.05) is 0 Å². The second-order valence-electron chi connectivity index (χ2n) is 25.2. The van der Waals surface area contributed by atoms with Crippen molar-refractivity contribution in [2.24, 2.45) is 0 Å². The van der Waals surface area contributed by atoms with Crippen LogP contribution in [-0.2, 0) is 28.6 Å². The lowest BCUT2D eigenvalue weighted by molar-refractivity contribution is -0.167. The molecule has 0 aromatic heterocycles. The average Bonchev–Trinajstić information content (AvgIpc) is 3.47. The maximum atomic E-state index is 12.9. The van der Waals surface area contributed by atoms with Gasteiger partial charge in [-0.25, -0.2) is 0 Å². The minimum Gasteiger partial charge on any atom is -0.462 e. The van der Waals surface area contributed by atoms with Crippen molar-refractivity contribution in [2.75, 3.05) is 13.2 Å². The Kier molecular flexibility index (Phi) is 68.5. The van der Waals surface area contributed by atoms with Crippen molar-refractivity contribution in [3.63, 3.8) is 0 Å². The molecule has 0 radical (unpaired) electrons. The summed E-state index contributed by atoms with van der Waals surface area (Å²) in [6, 6.07) is 0. The van der Waals surface area contributed by atoms with Crippen LogP contribution in [0.2, 0.25) is 0 Å². The lowest BCUT2D eigenvalue weighted by Crippen LogP contribution is -2.30. The fourth-order valence-electron chi connectivity index (χ4n) is 11.4. The number of unbranched alkanes of at least 4 members (excludes halogenated alkanes) is 54. The summed E-state index contributed by atoms with van der Waals surface area (Å²) in [6.07, 6.45) is 86.7. The molecule has 0 heterocycles. The number of esters is 3. The molecule has 0 saturated carbocycles. The molecule has 0 aliphatic carbocycles. The fraction of sp³-hybridized carbons (Fsp3) is 0.907. The standard InChI is InChI=1S/C75H142O6/c1-4-7-10-13-16-19-22-25-27-29-30-31-32-33-34-35-36-37-38-39-40-41-42-43-44-45-46-48-50-53-56-59-62-65-68-74(77)80-71-72(70-79-73(76)67-64-61-58-55-52-49-24-21-18-15-12-9-6-3)81-75(78)69-66-63-60-57-54-51-47-28-26-23-20-17-14-11-8-5-2/h20,23,28,47,72H,4-19,21-22,24-27,29-46,48-71H2,1-3H3/b23-20-,47-28-. The van der Waals surface area contributed by atoms with Gasteiger partial charge in [-0.3, -0.25) is 14.4 Å². The molecule has 81 heavy (non-hydrogen) atoms. The zero-order valence-electron chi connectivity index (χ0n) is 55.1. The van der Waals surface area contributed by atoms with Crippen molar-refractivity contribution in [3.05, 3.63) is 24.3 Å². The zero-order valence-corrected chi connectivity index (χ0v) is 55.1. The summed E-state index contributed by atoms with van der Waals surface area (Å²) in [7, 11) is 0. The van der Waals surface area contributed by atoms with Crippen molar-refractivity contribution >= 4 is 17.9 Å². The number of hydrogen-bond acceptors (Lipinski definition) is 6. The molecule has 0 amide bonds. The van der Waals surface area contributed by atoms with Gasteiger partial charge in [-0.2, -0.15) is 0 Å². The fourth-order valence-corrected chi connectivity index (χ4v) is 11.4. The largest absolute Gasteiger partial charge is 0.462 e. The maximum Gasteiger partial charge on any atom is 0.306 e. The van der Waals surface area contributed by atoms with E-state index in [2.05, 4.69) is 45.1 Å². The highest BCUT2D eigenvalue weighted by atomic mass is 16.6. The number of carbonyl (C=O) groups is 3. The van der Waals surface area contributed by atoms with Gasteiger partial charge in [0.25, 0.3) is 0 Å². The molecule has 0 bridgehead atoms. The van der Waals surface area contributed by atoms with Gasteiger partial charge in [0.1, 0.15) is 13.2 Å². The van der Waals surface area contributed by atoms with Gasteiger partial charge in [0.2, 0.25) is 0 Å². The lowest BCUT2D eigenvalue weighted by Gasteiger charge is -2.18. The summed E-state index contributed by atoms with van der Waals surface area (Å²) in [5.41, 5.74) is 0. The van der Waals surface area contributed by atoms with E-state index < -0.39 is 6.10 Å². The minimum atomic E-state index is -0.775. The first-order valence-electron chi connectivity index (χ1n) is 36.8. The summed E-state index contributed by atoms with van der Waals surface area (Å²) in [5, 5.41) is 0. The topological polar surface area (TPSA) is 78.9 Å². The van der Waals surface area contributed by atoms with Crippen LogP contribution >= 0.6 is 0 Å². The molecule has 0 saturated heterocycles. The Bertz CT molecular complexity index is 1310. The third kappa shape index (κ3) is 68.6. The molecule has 478 valence electrons. The van der Waals surface area contributed by atoms with E-state index in [4.69, 9.17) is 14.2 Å². The van der Waals surface area contributed by atoms with Crippen molar-refractivity contribution in [2.45, 2.75) is 425 Å². The van der Waals surface area contributed by atoms with Gasteiger partial charge in [0, 0.05) is 19.3 Å². The van der Waals surface area contributed by atoms with E-state index >= 15 is 0 Å². The number of carbonyl (C=O) groups excluding carboxylic acids is 3. The SMILES string of the molecule is CCCCCC/C=C\C/C=C\CCCCCCCC(=O)OC(COC(=O)CCCCCCCCCCCCCCC)COC(=O)CCCCCCCCCCCCCCCCCCCCCCCCCCCCCCCCCCCC. The Labute approximate surface area is 506 Å². The van der Waals surface area contributed by atoms with Gasteiger partial charge in [0.15, 0.2) is 6.10 Å². The third-order valence-corrected chi connectivity index (χ3v) is 17.0. The first-order chi connectivity index (χ1) is 40.0. The van der Waals surface area contributed by atoms with Gasteiger partial charge in [-0.15, -0.1) is 0 Å². The molecule has 1 unspecified atom stereocenters. The monoisotopic (exact) mass is 1140 g/mol. The molecule has 0 aromatic rings. The highest BCUT2D eigenvalue weighted by molar-refractivity contribution is 5.71. The molecule has 0 aliphatic heterocycles. The Morgan fingerprint density at radius 1 is 0.247 bits per heavy atom. The maximum absolute atomic E-state index is 12.9. The zero-order chi connectivity index (χ0) is 58.5. The van der Waals surface area contributed by atoms with E-state index in [-0.39, 0.29) is 31.1 Å². The molecule has 0 fully saturated rings. The van der Waals surface area contributed by atoms with E-state index in [9.17, 15) is 14.4 Å². The van der Waals surface area contributed by atoms with E-state index in [0.29, 0.717) is 19.3 Å². The van der Waals surface area contributed by atoms with Crippen molar-refractivity contribution in [3.8, 4) is 0 Å². The van der Waals surface area contributed by atoms with Crippen LogP contribution in [0.1, 0.15) is 419 Å². The second kappa shape index (κ2) is 70.4. The van der Waals surface area contributed by atoms with Crippen LogP contribution in [0.4, 0.5) is 0 Å². The molecule has 6 nitrogen and oxygen atoms in total. The van der Waals surface area contributed by atoms with E-state index in [0.717, 1.165) is 77.0 Å². The lowest BCUT2D eigenvalue weighted by atomic mass is 10.0. The molecule has 0 aliphatic rings. The highest BCUT2D eigenvalue weighted by Gasteiger charge is 2.19. The number of allylic oxidation sites excluding steroid dienone is 4. The molecule has 0 aromatic carbocycles. The summed E-state index contributed by atoms with van der Waals surface area (Å²) >= 11 is 0. The first-order valence-corrected chi connectivity index (χ1v) is 36.8. The number of hydrogen-bond donors (Lipinski definition) is 0. The first kappa shape index (κ1) is 78.9. The quantitative estimate of drug-likeness (QED) is 0.0261. The Hall–Kier alpha value is -2.11. The number of rotatable bonds is 69. The van der Waals surface area contributed by atoms with E-state index in [1.165, 1.54) is 302 Å². The van der Waals surface area contributed by atoms with Crippen molar-refractivity contribution in [1.82, 2.24) is 0 Å². The normalized spacial score (nSPS) is 12.1. The minimum absolute atomic E-state index is 0.0709. The summed E-state index contributed by atoms with van der Waals surface area (Å²) in [4.78, 5) is 38.4. The van der Waals surface area contributed by atoms with Crippen LogP contribution in [0.3, 0.4) is 0 Å².